The first-order chi connectivity index (χ1) is 7.48. The van der Waals surface area contributed by atoms with Crippen molar-refractivity contribution in [2.45, 2.75) is 25.1 Å². The number of methoxy groups -OCH3 is 1. The lowest BCUT2D eigenvalue weighted by atomic mass is 10.1. The predicted molar refractivity (Wildman–Crippen MR) is 58.0 cm³/mol. The van der Waals surface area contributed by atoms with E-state index in [0.717, 1.165) is 4.88 Å². The molecule has 2 nitrogen and oxygen atoms in total. The van der Waals surface area contributed by atoms with Crippen molar-refractivity contribution >= 4 is 11.3 Å². The van der Waals surface area contributed by atoms with Gasteiger partial charge in [-0.05, 0) is 24.9 Å². The zero-order valence-electron chi connectivity index (χ0n) is 9.10. The van der Waals surface area contributed by atoms with Crippen molar-refractivity contribution < 1.29 is 17.9 Å². The quantitative estimate of drug-likeness (QED) is 0.868. The van der Waals surface area contributed by atoms with Gasteiger partial charge < -0.3 is 10.1 Å². The van der Waals surface area contributed by atoms with Crippen molar-refractivity contribution in [2.24, 2.45) is 0 Å². The number of alkyl halides is 3. The van der Waals surface area contributed by atoms with Gasteiger partial charge >= 0.3 is 6.18 Å². The first-order valence-electron chi connectivity index (χ1n) is 4.83. The third kappa shape index (κ3) is 3.68. The Hall–Kier alpha value is -0.750. The second kappa shape index (κ2) is 5.54. The minimum atomic E-state index is -4.11. The summed E-state index contributed by atoms with van der Waals surface area (Å²) in [6, 6.07) is 1.45. The Kier molecular flexibility index (Phi) is 4.61. The normalized spacial score (nSPS) is 13.8. The molecule has 0 saturated carbocycles. The highest BCUT2D eigenvalue weighted by Gasteiger charge is 2.29. The highest BCUT2D eigenvalue weighted by atomic mass is 32.1. The second-order valence-corrected chi connectivity index (χ2v) is 4.30. The molecule has 0 saturated heterocycles. The molecule has 0 aromatic carbocycles. The average Bonchev–Trinajstić information content (AvgIpc) is 2.65. The third-order valence-electron chi connectivity index (χ3n) is 2.26. The van der Waals surface area contributed by atoms with Crippen molar-refractivity contribution in [1.29, 1.82) is 0 Å². The molecule has 0 aliphatic heterocycles. The topological polar surface area (TPSA) is 21.3 Å². The van der Waals surface area contributed by atoms with Crippen molar-refractivity contribution in [3.63, 3.8) is 0 Å². The van der Waals surface area contributed by atoms with Crippen LogP contribution in [-0.4, -0.2) is 20.3 Å². The van der Waals surface area contributed by atoms with Crippen LogP contribution in [0.25, 0.3) is 0 Å². The van der Waals surface area contributed by atoms with E-state index in [1.54, 1.807) is 13.1 Å². The molecule has 1 rings (SSSR count). The molecule has 1 aromatic rings. The van der Waals surface area contributed by atoms with Crippen molar-refractivity contribution in [3.8, 4) is 5.75 Å². The first-order valence-corrected chi connectivity index (χ1v) is 5.71. The maximum Gasteiger partial charge on any atom is 0.389 e. The monoisotopic (exact) mass is 253 g/mol. The van der Waals surface area contributed by atoms with Crippen LogP contribution in [0.2, 0.25) is 0 Å². The molecular weight excluding hydrogens is 239 g/mol. The molecule has 0 aliphatic carbocycles. The van der Waals surface area contributed by atoms with Gasteiger partial charge in [-0.25, -0.2) is 0 Å². The van der Waals surface area contributed by atoms with Gasteiger partial charge in [-0.15, -0.1) is 11.3 Å². The van der Waals surface area contributed by atoms with E-state index in [4.69, 9.17) is 4.74 Å². The molecule has 1 atom stereocenters. The third-order valence-corrected chi connectivity index (χ3v) is 3.27. The van der Waals surface area contributed by atoms with Gasteiger partial charge in [0.05, 0.1) is 12.0 Å². The van der Waals surface area contributed by atoms with E-state index >= 15 is 0 Å². The molecule has 1 aromatic heterocycles. The van der Waals surface area contributed by atoms with Gasteiger partial charge in [0.1, 0.15) is 5.75 Å². The fraction of sp³-hybridized carbons (Fsp3) is 0.600. The molecule has 0 bridgehead atoms. The van der Waals surface area contributed by atoms with Crippen LogP contribution in [0, 0.1) is 0 Å². The van der Waals surface area contributed by atoms with Crippen molar-refractivity contribution in [3.05, 3.63) is 16.3 Å². The number of ether oxygens (including phenoxy) is 1. The molecule has 92 valence electrons. The lowest BCUT2D eigenvalue weighted by Gasteiger charge is -2.17. The summed E-state index contributed by atoms with van der Waals surface area (Å²) in [6.45, 7) is 0. The SMILES string of the molecule is CNC(CCC(F)(F)F)c1sccc1OC. The Morgan fingerprint density at radius 1 is 1.50 bits per heavy atom. The van der Waals surface area contributed by atoms with Gasteiger partial charge in [-0.2, -0.15) is 13.2 Å². The van der Waals surface area contributed by atoms with Crippen LogP contribution in [-0.2, 0) is 0 Å². The molecule has 0 radical (unpaired) electrons. The van der Waals surface area contributed by atoms with Crippen molar-refractivity contribution in [2.75, 3.05) is 14.2 Å². The smallest absolute Gasteiger partial charge is 0.389 e. The number of halogens is 3. The Morgan fingerprint density at radius 3 is 2.69 bits per heavy atom. The number of thiophene rings is 1. The highest BCUT2D eigenvalue weighted by Crippen LogP contribution is 2.35. The van der Waals surface area contributed by atoms with Gasteiger partial charge in [0, 0.05) is 12.5 Å². The van der Waals surface area contributed by atoms with Crippen LogP contribution in [0.3, 0.4) is 0 Å². The van der Waals surface area contributed by atoms with Crippen LogP contribution in [0.4, 0.5) is 13.2 Å². The number of nitrogens with one attached hydrogen (secondary N) is 1. The fourth-order valence-electron chi connectivity index (χ4n) is 1.45. The van der Waals surface area contributed by atoms with E-state index < -0.39 is 12.6 Å². The summed E-state index contributed by atoms with van der Waals surface area (Å²) in [6.07, 6.45) is -4.88. The minimum Gasteiger partial charge on any atom is -0.496 e. The maximum atomic E-state index is 12.1. The Bertz CT molecular complexity index is 324. The van der Waals surface area contributed by atoms with Gasteiger partial charge in [0.15, 0.2) is 0 Å². The largest absolute Gasteiger partial charge is 0.496 e. The fourth-order valence-corrected chi connectivity index (χ4v) is 2.45. The Balaban J connectivity index is 2.67. The zero-order valence-corrected chi connectivity index (χ0v) is 9.91. The zero-order chi connectivity index (χ0) is 12.2. The van der Waals surface area contributed by atoms with Crippen LogP contribution in [0.1, 0.15) is 23.8 Å². The van der Waals surface area contributed by atoms with E-state index in [0.29, 0.717) is 5.75 Å². The molecule has 1 heterocycles. The Morgan fingerprint density at radius 2 is 2.19 bits per heavy atom. The summed E-state index contributed by atoms with van der Waals surface area (Å²) in [5.74, 6) is 0.645. The number of rotatable bonds is 5. The summed E-state index contributed by atoms with van der Waals surface area (Å²) >= 11 is 1.40. The van der Waals surface area contributed by atoms with Gasteiger partial charge in [0.25, 0.3) is 0 Å². The molecule has 1 N–H and O–H groups in total. The van der Waals surface area contributed by atoms with Crippen LogP contribution in [0.5, 0.6) is 5.75 Å². The van der Waals surface area contributed by atoms with Gasteiger partial charge in [0.2, 0.25) is 0 Å². The molecule has 0 amide bonds. The average molecular weight is 253 g/mol. The molecule has 1 unspecified atom stereocenters. The summed E-state index contributed by atoms with van der Waals surface area (Å²) in [7, 11) is 3.17. The molecule has 0 aliphatic rings. The van der Waals surface area contributed by atoms with E-state index in [2.05, 4.69) is 5.32 Å². The predicted octanol–water partition coefficient (Wildman–Crippen LogP) is 3.36. The van der Waals surface area contributed by atoms with E-state index in [-0.39, 0.29) is 12.5 Å². The summed E-state index contributed by atoms with van der Waals surface area (Å²) in [5, 5.41) is 4.69. The molecule has 16 heavy (non-hydrogen) atoms. The maximum absolute atomic E-state index is 12.1. The summed E-state index contributed by atoms with van der Waals surface area (Å²) in [5.41, 5.74) is 0. The highest BCUT2D eigenvalue weighted by molar-refractivity contribution is 7.10. The molecule has 0 spiro atoms. The summed E-state index contributed by atoms with van der Waals surface area (Å²) < 4.78 is 41.5. The lowest BCUT2D eigenvalue weighted by molar-refractivity contribution is -0.136. The van der Waals surface area contributed by atoms with E-state index in [1.807, 2.05) is 5.38 Å². The molecule has 6 heteroatoms. The second-order valence-electron chi connectivity index (χ2n) is 3.35. The van der Waals surface area contributed by atoms with Crippen LogP contribution >= 0.6 is 11.3 Å². The van der Waals surface area contributed by atoms with Gasteiger partial charge in [-0.1, -0.05) is 0 Å². The molecule has 0 fully saturated rings. The van der Waals surface area contributed by atoms with Crippen LogP contribution < -0.4 is 10.1 Å². The van der Waals surface area contributed by atoms with E-state index in [9.17, 15) is 13.2 Å². The van der Waals surface area contributed by atoms with Crippen molar-refractivity contribution in [1.82, 2.24) is 5.32 Å². The Labute approximate surface area is 96.4 Å². The minimum absolute atomic E-state index is 0.0247. The molecular formula is C10H14F3NOS. The lowest BCUT2D eigenvalue weighted by Crippen LogP contribution is -2.19. The van der Waals surface area contributed by atoms with Gasteiger partial charge in [-0.3, -0.25) is 0 Å². The summed E-state index contributed by atoms with van der Waals surface area (Å²) in [4.78, 5) is 0.814. The first kappa shape index (κ1) is 13.3. The number of hydrogen-bond acceptors (Lipinski definition) is 3. The standard InChI is InChI=1S/C10H14F3NOS/c1-14-7(3-5-10(11,12)13)9-8(15-2)4-6-16-9/h4,6-7,14H,3,5H2,1-2H3. The van der Waals surface area contributed by atoms with Crippen LogP contribution in [0.15, 0.2) is 11.4 Å². The van der Waals surface area contributed by atoms with E-state index in [1.165, 1.54) is 18.4 Å². The number of hydrogen-bond donors (Lipinski definition) is 1.